The zero-order chi connectivity index (χ0) is 13.8. The van der Waals surface area contributed by atoms with Gasteiger partial charge in [-0.15, -0.1) is 11.3 Å². The number of thiazole rings is 1. The number of benzene rings is 1. The third kappa shape index (κ3) is 3.65. The van der Waals surface area contributed by atoms with Crippen LogP contribution in [0.4, 0.5) is 0 Å². The molecule has 0 aliphatic rings. The molecule has 0 amide bonds. The first kappa shape index (κ1) is 14.2. The SMILES string of the molecule is CC(C)C(C#N)Cc1nc(-c2cccc(Br)c2)cs1. The fourth-order valence-corrected chi connectivity index (χ4v) is 3.07. The largest absolute Gasteiger partial charge is 0.241 e. The van der Waals surface area contributed by atoms with Crippen LogP contribution in [0.1, 0.15) is 18.9 Å². The summed E-state index contributed by atoms with van der Waals surface area (Å²) in [6.07, 6.45) is 0.743. The number of hydrogen-bond donors (Lipinski definition) is 0. The molecule has 0 saturated carbocycles. The summed E-state index contributed by atoms with van der Waals surface area (Å²) in [7, 11) is 0. The predicted molar refractivity (Wildman–Crippen MR) is 82.9 cm³/mol. The molecule has 19 heavy (non-hydrogen) atoms. The molecular formula is C15H15BrN2S. The maximum absolute atomic E-state index is 9.14. The second-order valence-corrected chi connectivity index (χ2v) is 6.68. The van der Waals surface area contributed by atoms with E-state index in [2.05, 4.69) is 52.3 Å². The number of aromatic nitrogens is 1. The van der Waals surface area contributed by atoms with Gasteiger partial charge in [0.2, 0.25) is 0 Å². The lowest BCUT2D eigenvalue weighted by molar-refractivity contribution is 0.473. The van der Waals surface area contributed by atoms with Crippen LogP contribution in [0.2, 0.25) is 0 Å². The van der Waals surface area contributed by atoms with Gasteiger partial charge in [0, 0.05) is 21.8 Å². The van der Waals surface area contributed by atoms with Crippen molar-refractivity contribution < 1.29 is 0 Å². The molecule has 0 N–H and O–H groups in total. The molecule has 1 aromatic heterocycles. The van der Waals surface area contributed by atoms with E-state index in [1.807, 2.05) is 18.2 Å². The number of nitrogens with zero attached hydrogens (tertiary/aromatic N) is 2. The zero-order valence-corrected chi connectivity index (χ0v) is 13.3. The van der Waals surface area contributed by atoms with E-state index in [1.54, 1.807) is 11.3 Å². The number of halogens is 1. The van der Waals surface area contributed by atoms with Crippen LogP contribution < -0.4 is 0 Å². The minimum atomic E-state index is 0.0431. The standard InChI is InChI=1S/C15H15BrN2S/c1-10(2)12(8-17)7-15-18-14(9-19-15)11-4-3-5-13(16)6-11/h3-6,9-10,12H,7H2,1-2H3. The summed E-state index contributed by atoms with van der Waals surface area (Å²) in [5.41, 5.74) is 2.09. The van der Waals surface area contributed by atoms with Crippen LogP contribution in [0.5, 0.6) is 0 Å². The molecule has 1 unspecified atom stereocenters. The lowest BCUT2D eigenvalue weighted by atomic mass is 9.94. The highest BCUT2D eigenvalue weighted by Gasteiger charge is 2.15. The van der Waals surface area contributed by atoms with Crippen molar-refractivity contribution in [2.24, 2.45) is 11.8 Å². The smallest absolute Gasteiger partial charge is 0.0945 e. The van der Waals surface area contributed by atoms with Gasteiger partial charge in [0.05, 0.1) is 22.7 Å². The summed E-state index contributed by atoms with van der Waals surface area (Å²) in [4.78, 5) is 4.64. The quantitative estimate of drug-likeness (QED) is 0.796. The van der Waals surface area contributed by atoms with Gasteiger partial charge < -0.3 is 0 Å². The normalized spacial score (nSPS) is 12.4. The van der Waals surface area contributed by atoms with E-state index in [1.165, 1.54) is 0 Å². The van der Waals surface area contributed by atoms with Crippen LogP contribution in [0.25, 0.3) is 11.3 Å². The van der Waals surface area contributed by atoms with E-state index < -0.39 is 0 Å². The van der Waals surface area contributed by atoms with E-state index >= 15 is 0 Å². The van der Waals surface area contributed by atoms with E-state index in [0.717, 1.165) is 27.2 Å². The highest BCUT2D eigenvalue weighted by molar-refractivity contribution is 9.10. The van der Waals surface area contributed by atoms with Crippen LogP contribution in [0.3, 0.4) is 0 Å². The maximum Gasteiger partial charge on any atom is 0.0945 e. The van der Waals surface area contributed by atoms with Crippen molar-refractivity contribution >= 4 is 27.3 Å². The van der Waals surface area contributed by atoms with Crippen LogP contribution in [-0.2, 0) is 6.42 Å². The molecule has 0 fully saturated rings. The average molecular weight is 335 g/mol. The molecule has 98 valence electrons. The second-order valence-electron chi connectivity index (χ2n) is 4.82. The Morgan fingerprint density at radius 3 is 2.84 bits per heavy atom. The Morgan fingerprint density at radius 2 is 2.21 bits per heavy atom. The molecule has 2 nitrogen and oxygen atoms in total. The van der Waals surface area contributed by atoms with Crippen molar-refractivity contribution in [3.05, 3.63) is 39.1 Å². The number of hydrogen-bond acceptors (Lipinski definition) is 3. The van der Waals surface area contributed by atoms with E-state index in [-0.39, 0.29) is 5.92 Å². The van der Waals surface area contributed by atoms with Gasteiger partial charge >= 0.3 is 0 Å². The fourth-order valence-electron chi connectivity index (χ4n) is 1.80. The second kappa shape index (κ2) is 6.31. The van der Waals surface area contributed by atoms with Gasteiger partial charge in [-0.3, -0.25) is 0 Å². The molecule has 0 spiro atoms. The van der Waals surface area contributed by atoms with E-state index in [4.69, 9.17) is 5.26 Å². The molecule has 0 aliphatic heterocycles. The Morgan fingerprint density at radius 1 is 1.42 bits per heavy atom. The van der Waals surface area contributed by atoms with E-state index in [9.17, 15) is 0 Å². The van der Waals surface area contributed by atoms with Crippen molar-refractivity contribution in [1.82, 2.24) is 4.98 Å². The average Bonchev–Trinajstić information content (AvgIpc) is 2.84. The maximum atomic E-state index is 9.14. The Hall–Kier alpha value is -1.18. The third-order valence-corrected chi connectivity index (χ3v) is 4.40. The van der Waals surface area contributed by atoms with Crippen LogP contribution in [0.15, 0.2) is 34.1 Å². The molecule has 0 bridgehead atoms. The summed E-state index contributed by atoms with van der Waals surface area (Å²) in [6, 6.07) is 10.5. The fraction of sp³-hybridized carbons (Fsp3) is 0.333. The Kier molecular flexibility index (Phi) is 4.73. The molecular weight excluding hydrogens is 320 g/mol. The first-order chi connectivity index (χ1) is 9.10. The molecule has 0 aliphatic carbocycles. The van der Waals surface area contributed by atoms with Crippen molar-refractivity contribution in [3.63, 3.8) is 0 Å². The first-order valence-corrected chi connectivity index (χ1v) is 7.87. The van der Waals surface area contributed by atoms with Crippen molar-refractivity contribution in [2.45, 2.75) is 20.3 Å². The predicted octanol–water partition coefficient (Wildman–Crippen LogP) is 4.91. The Labute approximate surface area is 126 Å². The van der Waals surface area contributed by atoms with E-state index in [0.29, 0.717) is 5.92 Å². The summed E-state index contributed by atoms with van der Waals surface area (Å²) in [6.45, 7) is 4.16. The van der Waals surface area contributed by atoms with Crippen molar-refractivity contribution in [3.8, 4) is 17.3 Å². The van der Waals surface area contributed by atoms with Crippen molar-refractivity contribution in [1.29, 1.82) is 5.26 Å². The van der Waals surface area contributed by atoms with Crippen LogP contribution in [0, 0.1) is 23.2 Å². The Balaban J connectivity index is 2.18. The van der Waals surface area contributed by atoms with Gasteiger partial charge in [0.25, 0.3) is 0 Å². The molecule has 2 rings (SSSR count). The van der Waals surface area contributed by atoms with Gasteiger partial charge in [-0.25, -0.2) is 4.98 Å². The molecule has 0 saturated heterocycles. The molecule has 1 aromatic carbocycles. The molecule has 1 heterocycles. The lowest BCUT2D eigenvalue weighted by Gasteiger charge is -2.10. The highest BCUT2D eigenvalue weighted by atomic mass is 79.9. The van der Waals surface area contributed by atoms with Gasteiger partial charge in [-0.1, -0.05) is 41.9 Å². The van der Waals surface area contributed by atoms with Crippen LogP contribution >= 0.6 is 27.3 Å². The number of rotatable bonds is 4. The lowest BCUT2D eigenvalue weighted by Crippen LogP contribution is -2.09. The zero-order valence-electron chi connectivity index (χ0n) is 10.9. The summed E-state index contributed by atoms with van der Waals surface area (Å²) in [5.74, 6) is 0.407. The van der Waals surface area contributed by atoms with Gasteiger partial charge in [0.15, 0.2) is 0 Å². The molecule has 0 radical (unpaired) electrons. The summed E-state index contributed by atoms with van der Waals surface area (Å²) >= 11 is 5.10. The minimum absolute atomic E-state index is 0.0431. The Bertz CT molecular complexity index is 598. The highest BCUT2D eigenvalue weighted by Crippen LogP contribution is 2.26. The van der Waals surface area contributed by atoms with Gasteiger partial charge in [0.1, 0.15) is 0 Å². The first-order valence-electron chi connectivity index (χ1n) is 6.20. The molecule has 4 heteroatoms. The van der Waals surface area contributed by atoms with Gasteiger partial charge in [-0.05, 0) is 18.1 Å². The van der Waals surface area contributed by atoms with Crippen LogP contribution in [-0.4, -0.2) is 4.98 Å². The summed E-state index contributed by atoms with van der Waals surface area (Å²) < 4.78 is 1.05. The molecule has 2 aromatic rings. The monoisotopic (exact) mass is 334 g/mol. The topological polar surface area (TPSA) is 36.7 Å². The number of nitriles is 1. The molecule has 1 atom stereocenters. The third-order valence-electron chi connectivity index (χ3n) is 3.04. The van der Waals surface area contributed by atoms with Crippen molar-refractivity contribution in [2.75, 3.05) is 0 Å². The minimum Gasteiger partial charge on any atom is -0.241 e. The summed E-state index contributed by atoms with van der Waals surface area (Å²) in [5, 5.41) is 12.2. The van der Waals surface area contributed by atoms with Gasteiger partial charge in [-0.2, -0.15) is 5.26 Å².